The van der Waals surface area contributed by atoms with E-state index in [0.717, 1.165) is 62.8 Å². The predicted molar refractivity (Wildman–Crippen MR) is 86.6 cm³/mol. The highest BCUT2D eigenvalue weighted by Gasteiger charge is 2.14. The number of carbonyl (C=O) groups is 2. The van der Waals surface area contributed by atoms with Crippen LogP contribution in [0.25, 0.3) is 0 Å². The minimum atomic E-state index is -0.741. The van der Waals surface area contributed by atoms with Crippen LogP contribution in [0.3, 0.4) is 0 Å². The van der Waals surface area contributed by atoms with Crippen molar-refractivity contribution in [3.8, 4) is 0 Å². The summed E-state index contributed by atoms with van der Waals surface area (Å²) in [5.74, 6) is -1.48. The molecule has 0 aliphatic heterocycles. The Hall–Kier alpha value is -1.72. The van der Waals surface area contributed by atoms with Crippen LogP contribution in [0.4, 0.5) is 0 Å². The normalized spacial score (nSPS) is 19.6. The first kappa shape index (κ1) is 16.6. The summed E-state index contributed by atoms with van der Waals surface area (Å²) in [6, 6.07) is 0. The number of rotatable bonds is 2. The van der Waals surface area contributed by atoms with Gasteiger partial charge in [0.15, 0.2) is 0 Å². The number of amides is 2. The van der Waals surface area contributed by atoms with Crippen molar-refractivity contribution < 1.29 is 9.59 Å². The molecule has 6 nitrogen and oxygen atoms in total. The number of hydrogen-bond acceptors (Lipinski definition) is 4. The molecule has 0 saturated heterocycles. The molecule has 2 aliphatic rings. The lowest BCUT2D eigenvalue weighted by molar-refractivity contribution is -0.139. The van der Waals surface area contributed by atoms with Crippen molar-refractivity contribution in [1.82, 2.24) is 10.9 Å². The van der Waals surface area contributed by atoms with E-state index in [-0.39, 0.29) is 0 Å². The lowest BCUT2D eigenvalue weighted by atomic mass is 10.2. The summed E-state index contributed by atoms with van der Waals surface area (Å²) in [5, 5.41) is 8.16. The van der Waals surface area contributed by atoms with Gasteiger partial charge in [0.05, 0.1) is 0 Å². The van der Waals surface area contributed by atoms with Crippen molar-refractivity contribution in [3.63, 3.8) is 0 Å². The van der Waals surface area contributed by atoms with Crippen molar-refractivity contribution in [2.24, 2.45) is 10.2 Å². The maximum absolute atomic E-state index is 11.7. The van der Waals surface area contributed by atoms with Crippen molar-refractivity contribution in [1.29, 1.82) is 0 Å². The highest BCUT2D eigenvalue weighted by atomic mass is 16.2. The van der Waals surface area contributed by atoms with Crippen LogP contribution in [-0.2, 0) is 9.59 Å². The monoisotopic (exact) mass is 306 g/mol. The predicted octanol–water partition coefficient (Wildman–Crippen LogP) is 2.64. The minimum absolute atomic E-state index is 0.741. The lowest BCUT2D eigenvalue weighted by Gasteiger charge is -2.04. The summed E-state index contributed by atoms with van der Waals surface area (Å²) in [5.41, 5.74) is 6.66. The second-order valence-corrected chi connectivity index (χ2v) is 6.07. The van der Waals surface area contributed by atoms with Crippen LogP contribution in [0.15, 0.2) is 10.2 Å². The second kappa shape index (κ2) is 9.33. The first-order valence-corrected chi connectivity index (χ1v) is 8.47. The fraction of sp³-hybridized carbons (Fsp3) is 0.750. The molecule has 0 aromatic carbocycles. The standard InChI is InChI=1S/C16H26N4O2/c21-15(19-17-13-9-5-1-2-6-10-13)16(22)20-18-14-11-7-3-4-8-12-14/h1-12H2,(H,19,21)(H,20,22). The number of hydrogen-bond donors (Lipinski definition) is 2. The molecule has 6 heteroatoms. The average Bonchev–Trinajstić information content (AvgIpc) is 2.94. The van der Waals surface area contributed by atoms with E-state index in [1.54, 1.807) is 0 Å². The van der Waals surface area contributed by atoms with Gasteiger partial charge in [0.2, 0.25) is 0 Å². The van der Waals surface area contributed by atoms with Gasteiger partial charge in [-0.3, -0.25) is 9.59 Å². The zero-order valence-corrected chi connectivity index (χ0v) is 13.2. The Labute approximate surface area is 131 Å². The molecule has 122 valence electrons. The molecular formula is C16H26N4O2. The Morgan fingerprint density at radius 1 is 0.591 bits per heavy atom. The SMILES string of the molecule is O=C(NN=C1CCCCCC1)C(=O)NN=C1CCCCCC1. The van der Waals surface area contributed by atoms with Gasteiger partial charge in [-0.25, -0.2) is 10.9 Å². The maximum Gasteiger partial charge on any atom is 0.331 e. The Bertz CT molecular complexity index is 395. The van der Waals surface area contributed by atoms with E-state index in [0.29, 0.717) is 0 Å². The van der Waals surface area contributed by atoms with Crippen LogP contribution in [0.5, 0.6) is 0 Å². The van der Waals surface area contributed by atoms with Gasteiger partial charge in [-0.05, 0) is 51.4 Å². The summed E-state index contributed by atoms with van der Waals surface area (Å²) >= 11 is 0. The number of carbonyl (C=O) groups excluding carboxylic acids is 2. The summed E-state index contributed by atoms with van der Waals surface area (Å²) in [4.78, 5) is 23.4. The van der Waals surface area contributed by atoms with Gasteiger partial charge >= 0.3 is 11.8 Å². The van der Waals surface area contributed by atoms with Crippen LogP contribution >= 0.6 is 0 Å². The molecule has 2 fully saturated rings. The quantitative estimate of drug-likeness (QED) is 0.467. The maximum atomic E-state index is 11.7. The molecule has 0 unspecified atom stereocenters. The van der Waals surface area contributed by atoms with E-state index in [9.17, 15) is 9.59 Å². The van der Waals surface area contributed by atoms with Crippen LogP contribution in [0, 0.1) is 0 Å². The van der Waals surface area contributed by atoms with Crippen molar-refractivity contribution in [2.75, 3.05) is 0 Å². The Kier molecular flexibility index (Phi) is 7.06. The molecule has 2 aliphatic carbocycles. The largest absolute Gasteiger partial charge is 0.331 e. The molecular weight excluding hydrogens is 280 g/mol. The van der Waals surface area contributed by atoms with Gasteiger partial charge in [0, 0.05) is 11.4 Å². The van der Waals surface area contributed by atoms with E-state index < -0.39 is 11.8 Å². The van der Waals surface area contributed by atoms with Crippen molar-refractivity contribution >= 4 is 23.2 Å². The zero-order valence-electron chi connectivity index (χ0n) is 13.2. The highest BCUT2D eigenvalue weighted by molar-refractivity contribution is 6.35. The molecule has 2 saturated carbocycles. The zero-order chi connectivity index (χ0) is 15.6. The van der Waals surface area contributed by atoms with Crippen molar-refractivity contribution in [2.45, 2.75) is 77.0 Å². The Morgan fingerprint density at radius 2 is 0.909 bits per heavy atom. The molecule has 0 heterocycles. The van der Waals surface area contributed by atoms with E-state index in [1.165, 1.54) is 25.7 Å². The second-order valence-electron chi connectivity index (χ2n) is 6.07. The molecule has 0 atom stereocenters. The van der Waals surface area contributed by atoms with Gasteiger partial charge in [-0.2, -0.15) is 10.2 Å². The van der Waals surface area contributed by atoms with Gasteiger partial charge in [0.1, 0.15) is 0 Å². The van der Waals surface area contributed by atoms with Crippen molar-refractivity contribution in [3.05, 3.63) is 0 Å². The van der Waals surface area contributed by atoms with Gasteiger partial charge in [0.25, 0.3) is 0 Å². The molecule has 2 rings (SSSR count). The van der Waals surface area contributed by atoms with Crippen LogP contribution in [0.2, 0.25) is 0 Å². The minimum Gasteiger partial charge on any atom is -0.262 e. The molecule has 2 amide bonds. The lowest BCUT2D eigenvalue weighted by Crippen LogP contribution is -2.36. The molecule has 22 heavy (non-hydrogen) atoms. The van der Waals surface area contributed by atoms with E-state index >= 15 is 0 Å². The average molecular weight is 306 g/mol. The third kappa shape index (κ3) is 5.95. The third-order valence-corrected chi connectivity index (χ3v) is 4.20. The Balaban J connectivity index is 1.77. The van der Waals surface area contributed by atoms with E-state index in [4.69, 9.17) is 0 Å². The first-order valence-electron chi connectivity index (χ1n) is 8.47. The fourth-order valence-corrected chi connectivity index (χ4v) is 2.86. The molecule has 0 spiro atoms. The van der Waals surface area contributed by atoms with Crippen LogP contribution < -0.4 is 10.9 Å². The third-order valence-electron chi connectivity index (χ3n) is 4.20. The summed E-state index contributed by atoms with van der Waals surface area (Å²) < 4.78 is 0. The molecule has 0 bridgehead atoms. The van der Waals surface area contributed by atoms with E-state index in [2.05, 4.69) is 21.1 Å². The molecule has 0 aromatic rings. The first-order chi connectivity index (χ1) is 10.8. The van der Waals surface area contributed by atoms with Gasteiger partial charge < -0.3 is 0 Å². The summed E-state index contributed by atoms with van der Waals surface area (Å²) in [6.07, 6.45) is 12.9. The Morgan fingerprint density at radius 3 is 1.23 bits per heavy atom. The van der Waals surface area contributed by atoms with Gasteiger partial charge in [-0.1, -0.05) is 25.7 Å². The molecule has 0 radical (unpaired) electrons. The number of hydrazone groups is 2. The van der Waals surface area contributed by atoms with Crippen LogP contribution in [-0.4, -0.2) is 23.2 Å². The molecule has 0 aromatic heterocycles. The van der Waals surface area contributed by atoms with Crippen LogP contribution in [0.1, 0.15) is 77.0 Å². The highest BCUT2D eigenvalue weighted by Crippen LogP contribution is 2.15. The van der Waals surface area contributed by atoms with E-state index in [1.807, 2.05) is 0 Å². The topological polar surface area (TPSA) is 82.9 Å². The number of nitrogens with one attached hydrogen (secondary N) is 2. The smallest absolute Gasteiger partial charge is 0.262 e. The number of nitrogens with zero attached hydrogens (tertiary/aromatic N) is 2. The van der Waals surface area contributed by atoms with Gasteiger partial charge in [-0.15, -0.1) is 0 Å². The summed E-state index contributed by atoms with van der Waals surface area (Å²) in [6.45, 7) is 0. The molecule has 2 N–H and O–H groups in total. The fourth-order valence-electron chi connectivity index (χ4n) is 2.86. The summed E-state index contributed by atoms with van der Waals surface area (Å²) in [7, 11) is 0.